The summed E-state index contributed by atoms with van der Waals surface area (Å²) >= 11 is 0. The van der Waals surface area contributed by atoms with Crippen molar-refractivity contribution in [2.24, 2.45) is 0 Å². The molecule has 2 N–H and O–H groups in total. The number of aromatic nitrogens is 4. The zero-order valence-corrected chi connectivity index (χ0v) is 11.6. The second-order valence-electron chi connectivity index (χ2n) is 5.10. The lowest BCUT2D eigenvalue weighted by atomic mass is 10.1. The number of imidazole rings is 1. The van der Waals surface area contributed by atoms with E-state index < -0.39 is 31.2 Å². The predicted octanol–water partition coefficient (Wildman–Crippen LogP) is -0.519. The van der Waals surface area contributed by atoms with Crippen molar-refractivity contribution in [2.45, 2.75) is 24.6 Å². The molecule has 1 fully saturated rings. The Hall–Kier alpha value is -1.84. The maximum absolute atomic E-state index is 13.8. The van der Waals surface area contributed by atoms with Gasteiger partial charge in [0.2, 0.25) is 0 Å². The summed E-state index contributed by atoms with van der Waals surface area (Å²) in [5.41, 5.74) is 0.963. The zero-order chi connectivity index (χ0) is 15.1. The van der Waals surface area contributed by atoms with Crippen LogP contribution in [0.15, 0.2) is 12.7 Å². The third-order valence-electron chi connectivity index (χ3n) is 3.50. The lowest BCUT2D eigenvalue weighted by Crippen LogP contribution is -2.29. The second kappa shape index (κ2) is 5.17. The molecule has 2 aromatic rings. The smallest absolute Gasteiger partial charge is 0.167 e. The van der Waals surface area contributed by atoms with Gasteiger partial charge in [-0.25, -0.2) is 19.3 Å². The molecule has 1 saturated heterocycles. The molecule has 114 valence electrons. The van der Waals surface area contributed by atoms with Crippen LogP contribution in [0.3, 0.4) is 0 Å². The molecule has 0 aromatic carbocycles. The van der Waals surface area contributed by atoms with Crippen LogP contribution in [0.25, 0.3) is 11.2 Å². The van der Waals surface area contributed by atoms with Crippen LogP contribution in [-0.4, -0.2) is 68.8 Å². The van der Waals surface area contributed by atoms with E-state index in [0.717, 1.165) is 0 Å². The summed E-state index contributed by atoms with van der Waals surface area (Å²) in [5, 5.41) is 19.0. The van der Waals surface area contributed by atoms with Crippen molar-refractivity contribution in [1.29, 1.82) is 0 Å². The molecule has 0 spiro atoms. The molecule has 0 bridgehead atoms. The van der Waals surface area contributed by atoms with E-state index in [0.29, 0.717) is 17.0 Å². The minimum atomic E-state index is -1.66. The summed E-state index contributed by atoms with van der Waals surface area (Å²) in [6, 6.07) is 0. The van der Waals surface area contributed by atoms with Crippen molar-refractivity contribution < 1.29 is 19.3 Å². The summed E-state index contributed by atoms with van der Waals surface area (Å²) in [6.07, 6.45) is -2.30. The molecule has 0 amide bonds. The number of hydrogen-bond donors (Lipinski definition) is 2. The first-order valence-corrected chi connectivity index (χ1v) is 6.48. The number of rotatable bonds is 3. The fourth-order valence-corrected chi connectivity index (χ4v) is 2.44. The first kappa shape index (κ1) is 14.1. The van der Waals surface area contributed by atoms with E-state index in [4.69, 9.17) is 9.84 Å². The van der Waals surface area contributed by atoms with E-state index in [2.05, 4.69) is 15.0 Å². The molecule has 0 radical (unpaired) electrons. The third-order valence-corrected chi connectivity index (χ3v) is 3.50. The van der Waals surface area contributed by atoms with Crippen molar-refractivity contribution in [3.05, 3.63) is 12.7 Å². The van der Waals surface area contributed by atoms with Gasteiger partial charge in [0, 0.05) is 14.1 Å². The summed E-state index contributed by atoms with van der Waals surface area (Å²) < 4.78 is 20.6. The van der Waals surface area contributed by atoms with Crippen LogP contribution in [0.5, 0.6) is 0 Å². The first-order valence-electron chi connectivity index (χ1n) is 6.48. The summed E-state index contributed by atoms with van der Waals surface area (Å²) in [4.78, 5) is 14.3. The van der Waals surface area contributed by atoms with Crippen LogP contribution >= 0.6 is 0 Å². The van der Waals surface area contributed by atoms with Gasteiger partial charge in [-0.2, -0.15) is 0 Å². The zero-order valence-electron chi connectivity index (χ0n) is 11.6. The van der Waals surface area contributed by atoms with E-state index in [1.165, 1.54) is 17.2 Å². The molecule has 3 heterocycles. The van der Waals surface area contributed by atoms with Crippen LogP contribution in [0.4, 0.5) is 10.2 Å². The lowest BCUT2D eigenvalue weighted by Gasteiger charge is -2.16. The minimum absolute atomic E-state index is 0.434. The van der Waals surface area contributed by atoms with Crippen molar-refractivity contribution in [2.75, 3.05) is 25.6 Å². The average molecular weight is 297 g/mol. The largest absolute Gasteiger partial charge is 0.394 e. The monoisotopic (exact) mass is 297 g/mol. The number of ether oxygens (including phenoxy) is 1. The van der Waals surface area contributed by atoms with Gasteiger partial charge in [0.1, 0.15) is 18.5 Å². The molecule has 1 aliphatic heterocycles. The number of aliphatic hydroxyl groups is 2. The number of alkyl halides is 1. The number of halogens is 1. The van der Waals surface area contributed by atoms with E-state index in [-0.39, 0.29) is 0 Å². The Bertz CT molecular complexity index is 649. The lowest BCUT2D eigenvalue weighted by molar-refractivity contribution is -0.0495. The molecule has 0 unspecified atom stereocenters. The molecule has 0 aliphatic carbocycles. The molecule has 2 aromatic heterocycles. The number of nitrogens with zero attached hydrogens (tertiary/aromatic N) is 5. The first-order chi connectivity index (χ1) is 10.0. The second-order valence-corrected chi connectivity index (χ2v) is 5.10. The fraction of sp³-hybridized carbons (Fsp3) is 0.583. The molecule has 21 heavy (non-hydrogen) atoms. The standard InChI is InChI=1S/C12H16FN5O3/c1-17(2)10-8-11(15-4-14-10)18(5-16-8)12-9(20)7(13)6(3-19)21-12/h4-7,9,12,19-20H,3H2,1-2H3/t6-,7-,9-,12-/m1/s1. The van der Waals surface area contributed by atoms with Gasteiger partial charge in [0.05, 0.1) is 12.9 Å². The van der Waals surface area contributed by atoms with Crippen LogP contribution in [-0.2, 0) is 4.74 Å². The highest BCUT2D eigenvalue weighted by Gasteiger charge is 2.45. The van der Waals surface area contributed by atoms with E-state index in [1.54, 1.807) is 4.90 Å². The average Bonchev–Trinajstić information content (AvgIpc) is 3.01. The van der Waals surface area contributed by atoms with Gasteiger partial charge in [-0.1, -0.05) is 0 Å². The van der Waals surface area contributed by atoms with E-state index in [1.807, 2.05) is 14.1 Å². The normalized spacial score (nSPS) is 29.2. The Morgan fingerprint density at radius 2 is 2.14 bits per heavy atom. The molecule has 3 rings (SSSR count). The van der Waals surface area contributed by atoms with Crippen LogP contribution in [0.2, 0.25) is 0 Å². The van der Waals surface area contributed by atoms with Gasteiger partial charge < -0.3 is 19.8 Å². The topological polar surface area (TPSA) is 96.5 Å². The van der Waals surface area contributed by atoms with Gasteiger partial charge in [0.15, 0.2) is 29.4 Å². The minimum Gasteiger partial charge on any atom is -0.394 e. The number of aliphatic hydroxyl groups excluding tert-OH is 2. The van der Waals surface area contributed by atoms with Crippen molar-refractivity contribution in [1.82, 2.24) is 19.5 Å². The van der Waals surface area contributed by atoms with Crippen molar-refractivity contribution in [3.63, 3.8) is 0 Å². The quantitative estimate of drug-likeness (QED) is 0.787. The maximum Gasteiger partial charge on any atom is 0.167 e. The van der Waals surface area contributed by atoms with Gasteiger partial charge in [0.25, 0.3) is 0 Å². The van der Waals surface area contributed by atoms with E-state index >= 15 is 0 Å². The number of hydrogen-bond acceptors (Lipinski definition) is 7. The Kier molecular flexibility index (Phi) is 3.47. The van der Waals surface area contributed by atoms with Crippen LogP contribution in [0, 0.1) is 0 Å². The molecular weight excluding hydrogens is 281 g/mol. The van der Waals surface area contributed by atoms with E-state index in [9.17, 15) is 9.50 Å². The Morgan fingerprint density at radius 3 is 2.76 bits per heavy atom. The van der Waals surface area contributed by atoms with Gasteiger partial charge in [-0.05, 0) is 0 Å². The van der Waals surface area contributed by atoms with Gasteiger partial charge in [-0.3, -0.25) is 4.57 Å². The highest BCUT2D eigenvalue weighted by molar-refractivity contribution is 5.83. The summed E-state index contributed by atoms with van der Waals surface area (Å²) in [6.45, 7) is -0.501. The van der Waals surface area contributed by atoms with Crippen LogP contribution < -0.4 is 4.90 Å². The Labute approximate surface area is 119 Å². The van der Waals surface area contributed by atoms with Gasteiger partial charge >= 0.3 is 0 Å². The van der Waals surface area contributed by atoms with Crippen LogP contribution in [0.1, 0.15) is 6.23 Å². The van der Waals surface area contributed by atoms with Gasteiger partial charge in [-0.15, -0.1) is 0 Å². The third kappa shape index (κ3) is 2.13. The Morgan fingerprint density at radius 1 is 1.38 bits per heavy atom. The predicted molar refractivity (Wildman–Crippen MR) is 71.5 cm³/mol. The SMILES string of the molecule is CN(C)c1ncnc2c1ncn2[C@@H]1O[C@H](CO)[C@@H](F)[C@H]1O. The molecule has 0 saturated carbocycles. The maximum atomic E-state index is 13.8. The fourth-order valence-electron chi connectivity index (χ4n) is 2.44. The van der Waals surface area contributed by atoms with Crippen molar-refractivity contribution >= 4 is 17.0 Å². The summed E-state index contributed by atoms with van der Waals surface area (Å²) in [7, 11) is 3.64. The highest BCUT2D eigenvalue weighted by Crippen LogP contribution is 2.33. The molecule has 4 atom stereocenters. The number of anilines is 1. The van der Waals surface area contributed by atoms with Crippen molar-refractivity contribution in [3.8, 4) is 0 Å². The highest BCUT2D eigenvalue weighted by atomic mass is 19.1. The Balaban J connectivity index is 2.04. The molecule has 1 aliphatic rings. The molecule has 9 heteroatoms. The molecule has 8 nitrogen and oxygen atoms in total. The number of fused-ring (bicyclic) bond motifs is 1. The summed E-state index contributed by atoms with van der Waals surface area (Å²) in [5.74, 6) is 0.613. The molecular formula is C12H16FN5O3.